The van der Waals surface area contributed by atoms with E-state index in [1.54, 1.807) is 0 Å². The smallest absolute Gasteiger partial charge is 0.266 e. The van der Waals surface area contributed by atoms with E-state index in [2.05, 4.69) is 11.3 Å². The molecule has 1 heterocycles. The summed E-state index contributed by atoms with van der Waals surface area (Å²) in [7, 11) is 1.38. The molecule has 10 heavy (non-hydrogen) atoms. The fourth-order valence-corrected chi connectivity index (χ4v) is 0.512. The van der Waals surface area contributed by atoms with Gasteiger partial charge in [-0.2, -0.15) is 18.3 Å². The van der Waals surface area contributed by atoms with Gasteiger partial charge in [-0.1, -0.05) is 0 Å². The van der Waals surface area contributed by atoms with Crippen molar-refractivity contribution >= 4 is 0 Å². The zero-order chi connectivity index (χ0) is 7.78. The second kappa shape index (κ2) is 2.00. The standard InChI is InChI=1S/C5H4F3N2/c1-10-3-2-4(9-10)5(6,7)8/h2H,1H3. The van der Waals surface area contributed by atoms with E-state index in [1.165, 1.54) is 7.05 Å². The van der Waals surface area contributed by atoms with Crippen molar-refractivity contribution < 1.29 is 13.2 Å². The first-order chi connectivity index (χ1) is 4.50. The fourth-order valence-electron chi connectivity index (χ4n) is 0.512. The highest BCUT2D eigenvalue weighted by Crippen LogP contribution is 2.26. The van der Waals surface area contributed by atoms with E-state index >= 15 is 0 Å². The van der Waals surface area contributed by atoms with Crippen molar-refractivity contribution in [1.82, 2.24) is 9.78 Å². The summed E-state index contributed by atoms with van der Waals surface area (Å²) in [5.41, 5.74) is -0.907. The molecule has 0 amide bonds. The van der Waals surface area contributed by atoms with Crippen LogP contribution in [-0.4, -0.2) is 9.78 Å². The molecule has 0 saturated carbocycles. The SMILES string of the molecule is Cn1[c]cc(C(F)(F)F)n1. The molecule has 0 fully saturated rings. The van der Waals surface area contributed by atoms with E-state index in [1.807, 2.05) is 0 Å². The van der Waals surface area contributed by atoms with Crippen LogP contribution in [0.2, 0.25) is 0 Å². The summed E-state index contributed by atoms with van der Waals surface area (Å²) >= 11 is 0. The van der Waals surface area contributed by atoms with E-state index in [-0.39, 0.29) is 0 Å². The number of aryl methyl sites for hydroxylation is 1. The molecule has 1 aromatic rings. The third-order valence-corrected chi connectivity index (χ3v) is 0.936. The van der Waals surface area contributed by atoms with Gasteiger partial charge in [0.15, 0.2) is 5.69 Å². The second-order valence-corrected chi connectivity index (χ2v) is 1.78. The molecule has 0 saturated heterocycles. The van der Waals surface area contributed by atoms with E-state index in [9.17, 15) is 13.2 Å². The average Bonchev–Trinajstić information content (AvgIpc) is 2.11. The Balaban J connectivity index is 2.96. The van der Waals surface area contributed by atoms with Crippen molar-refractivity contribution in [3.05, 3.63) is 18.0 Å². The lowest BCUT2D eigenvalue weighted by Gasteiger charge is -1.98. The van der Waals surface area contributed by atoms with Crippen molar-refractivity contribution in [3.63, 3.8) is 0 Å². The number of hydrogen-bond acceptors (Lipinski definition) is 1. The normalized spacial score (nSPS) is 12.0. The number of hydrogen-bond donors (Lipinski definition) is 0. The fraction of sp³-hybridized carbons (Fsp3) is 0.400. The summed E-state index contributed by atoms with van der Waals surface area (Å²) in [6.45, 7) is 0. The van der Waals surface area contributed by atoms with Crippen LogP contribution >= 0.6 is 0 Å². The van der Waals surface area contributed by atoms with Gasteiger partial charge in [-0.3, -0.25) is 4.68 Å². The quantitative estimate of drug-likeness (QED) is 0.542. The highest BCUT2D eigenvalue weighted by molar-refractivity contribution is 5.01. The molecule has 0 spiro atoms. The number of nitrogens with zero attached hydrogens (tertiary/aromatic N) is 2. The summed E-state index contributed by atoms with van der Waals surface area (Å²) < 4.78 is 36.1. The molecule has 0 N–H and O–H groups in total. The van der Waals surface area contributed by atoms with Crippen LogP contribution in [0, 0.1) is 6.20 Å². The van der Waals surface area contributed by atoms with E-state index in [0.717, 1.165) is 10.7 Å². The van der Waals surface area contributed by atoms with Gasteiger partial charge in [0.25, 0.3) is 0 Å². The molecular formula is C5H4F3N2. The maximum Gasteiger partial charge on any atom is 0.435 e. The van der Waals surface area contributed by atoms with Crippen LogP contribution in [0.15, 0.2) is 6.07 Å². The monoisotopic (exact) mass is 149 g/mol. The molecular weight excluding hydrogens is 145 g/mol. The molecule has 55 valence electrons. The molecule has 0 aliphatic heterocycles. The molecule has 0 aliphatic rings. The first-order valence-electron chi connectivity index (χ1n) is 2.49. The Morgan fingerprint density at radius 2 is 2.20 bits per heavy atom. The molecule has 1 rings (SSSR count). The van der Waals surface area contributed by atoms with Gasteiger partial charge in [-0.05, 0) is 6.07 Å². The van der Waals surface area contributed by atoms with Crippen molar-refractivity contribution in [1.29, 1.82) is 0 Å². The predicted octanol–water partition coefficient (Wildman–Crippen LogP) is 1.24. The molecule has 2 nitrogen and oxygen atoms in total. The third-order valence-electron chi connectivity index (χ3n) is 0.936. The molecule has 0 atom stereocenters. The van der Waals surface area contributed by atoms with Crippen LogP contribution in [0.25, 0.3) is 0 Å². The maximum atomic E-state index is 11.7. The Hall–Kier alpha value is -1.00. The zero-order valence-electron chi connectivity index (χ0n) is 5.11. The van der Waals surface area contributed by atoms with Crippen molar-refractivity contribution in [3.8, 4) is 0 Å². The average molecular weight is 149 g/mol. The summed E-state index contributed by atoms with van der Waals surface area (Å²) in [4.78, 5) is 0. The Morgan fingerprint density at radius 1 is 1.60 bits per heavy atom. The lowest BCUT2D eigenvalue weighted by molar-refractivity contribution is -0.141. The zero-order valence-corrected chi connectivity index (χ0v) is 5.11. The van der Waals surface area contributed by atoms with E-state index in [4.69, 9.17) is 0 Å². The van der Waals surface area contributed by atoms with Gasteiger partial charge in [-0.25, -0.2) is 0 Å². The van der Waals surface area contributed by atoms with E-state index < -0.39 is 11.9 Å². The molecule has 0 aliphatic carbocycles. The number of rotatable bonds is 0. The lowest BCUT2D eigenvalue weighted by atomic mass is 10.4. The van der Waals surface area contributed by atoms with Crippen LogP contribution in [0.1, 0.15) is 5.69 Å². The van der Waals surface area contributed by atoms with Gasteiger partial charge >= 0.3 is 6.18 Å². The summed E-state index contributed by atoms with van der Waals surface area (Å²) in [5, 5.41) is 3.12. The Labute approximate surface area is 55.3 Å². The number of aromatic nitrogens is 2. The maximum absolute atomic E-state index is 11.7. The van der Waals surface area contributed by atoms with Crippen LogP contribution in [0.4, 0.5) is 13.2 Å². The van der Waals surface area contributed by atoms with Gasteiger partial charge in [0.2, 0.25) is 0 Å². The highest BCUT2D eigenvalue weighted by Gasteiger charge is 2.33. The van der Waals surface area contributed by atoms with Gasteiger partial charge in [0.05, 0.1) is 6.20 Å². The van der Waals surface area contributed by atoms with Crippen molar-refractivity contribution in [2.45, 2.75) is 6.18 Å². The molecule has 0 aromatic carbocycles. The molecule has 0 bridgehead atoms. The second-order valence-electron chi connectivity index (χ2n) is 1.78. The predicted molar refractivity (Wildman–Crippen MR) is 27.0 cm³/mol. The van der Waals surface area contributed by atoms with Gasteiger partial charge in [-0.15, -0.1) is 0 Å². The van der Waals surface area contributed by atoms with Gasteiger partial charge in [0.1, 0.15) is 0 Å². The molecule has 1 aromatic heterocycles. The number of alkyl halides is 3. The Bertz CT molecular complexity index is 225. The lowest BCUT2D eigenvalue weighted by Crippen LogP contribution is -2.06. The summed E-state index contributed by atoms with van der Waals surface area (Å²) in [6.07, 6.45) is -2.09. The highest BCUT2D eigenvalue weighted by atomic mass is 19.4. The first kappa shape index (κ1) is 7.11. The van der Waals surface area contributed by atoms with Crippen molar-refractivity contribution in [2.24, 2.45) is 7.05 Å². The van der Waals surface area contributed by atoms with Gasteiger partial charge in [0, 0.05) is 7.05 Å². The van der Waals surface area contributed by atoms with Crippen LogP contribution in [0.5, 0.6) is 0 Å². The van der Waals surface area contributed by atoms with Crippen molar-refractivity contribution in [2.75, 3.05) is 0 Å². The van der Waals surface area contributed by atoms with Crippen LogP contribution < -0.4 is 0 Å². The minimum absolute atomic E-state index is 0.806. The third kappa shape index (κ3) is 1.29. The topological polar surface area (TPSA) is 17.8 Å². The Kier molecular flexibility index (Phi) is 1.42. The summed E-state index contributed by atoms with van der Waals surface area (Å²) in [5.74, 6) is 0. The Morgan fingerprint density at radius 3 is 2.40 bits per heavy atom. The molecule has 1 radical (unpaired) electrons. The van der Waals surface area contributed by atoms with Gasteiger partial charge < -0.3 is 0 Å². The molecule has 0 unspecified atom stereocenters. The molecule has 5 heteroatoms. The van der Waals surface area contributed by atoms with Crippen LogP contribution in [-0.2, 0) is 13.2 Å². The summed E-state index contributed by atoms with van der Waals surface area (Å²) in [6, 6.07) is 0.806. The largest absolute Gasteiger partial charge is 0.435 e. The first-order valence-corrected chi connectivity index (χ1v) is 2.49. The minimum Gasteiger partial charge on any atom is -0.266 e. The van der Waals surface area contributed by atoms with Crippen LogP contribution in [0.3, 0.4) is 0 Å². The number of halogens is 3. The van der Waals surface area contributed by atoms with E-state index in [0.29, 0.717) is 0 Å². The minimum atomic E-state index is -4.35.